The zero-order valence-corrected chi connectivity index (χ0v) is 9.84. The van der Waals surface area contributed by atoms with Gasteiger partial charge in [0.2, 0.25) is 0 Å². The maximum atomic E-state index is 12.9. The quantitative estimate of drug-likeness (QED) is 0.800. The smallest absolute Gasteiger partial charge is 0.382 e. The van der Waals surface area contributed by atoms with Crippen LogP contribution in [0.25, 0.3) is 0 Å². The van der Waals surface area contributed by atoms with Gasteiger partial charge in [-0.2, -0.15) is 13.2 Å². The average Bonchev–Trinajstić information content (AvgIpc) is 2.24. The van der Waals surface area contributed by atoms with Crippen LogP contribution < -0.4 is 5.32 Å². The van der Waals surface area contributed by atoms with E-state index in [9.17, 15) is 17.6 Å². The third-order valence-electron chi connectivity index (χ3n) is 2.47. The van der Waals surface area contributed by atoms with Crippen LogP contribution in [0.3, 0.4) is 0 Å². The number of aliphatic hydroxyl groups is 1. The van der Waals surface area contributed by atoms with E-state index < -0.39 is 18.8 Å². The minimum atomic E-state index is -4.62. The molecular formula is C12H15F4NO. The van der Waals surface area contributed by atoms with Crippen molar-refractivity contribution < 1.29 is 22.7 Å². The predicted octanol–water partition coefficient (Wildman–Crippen LogP) is 2.27. The summed E-state index contributed by atoms with van der Waals surface area (Å²) in [6, 6.07) is 5.58. The first-order chi connectivity index (χ1) is 8.29. The fourth-order valence-electron chi connectivity index (χ4n) is 1.52. The fraction of sp³-hybridized carbons (Fsp3) is 0.500. The minimum absolute atomic E-state index is 0.288. The summed E-state index contributed by atoms with van der Waals surface area (Å²) < 4.78 is 49.0. The van der Waals surface area contributed by atoms with Crippen LogP contribution in [0, 0.1) is 5.82 Å². The van der Waals surface area contributed by atoms with Gasteiger partial charge in [0.05, 0.1) is 0 Å². The summed E-state index contributed by atoms with van der Waals surface area (Å²) in [6.07, 6.45) is -6.61. The first-order valence-corrected chi connectivity index (χ1v) is 5.51. The van der Waals surface area contributed by atoms with E-state index >= 15 is 0 Å². The van der Waals surface area contributed by atoms with Crippen LogP contribution in [-0.2, 0) is 6.42 Å². The summed E-state index contributed by atoms with van der Waals surface area (Å²) in [4.78, 5) is 0. The Kier molecular flexibility index (Phi) is 5.10. The lowest BCUT2D eigenvalue weighted by Crippen LogP contribution is -2.42. The molecule has 6 heteroatoms. The molecule has 0 aliphatic heterocycles. The molecule has 2 N–H and O–H groups in total. The molecule has 1 aromatic carbocycles. The summed E-state index contributed by atoms with van der Waals surface area (Å²) in [7, 11) is 0. The number of aliphatic hydroxyl groups excluding tert-OH is 1. The maximum Gasteiger partial charge on any atom is 0.415 e. The van der Waals surface area contributed by atoms with Crippen LogP contribution in [0.1, 0.15) is 12.5 Å². The number of hydrogen-bond donors (Lipinski definition) is 2. The molecule has 0 spiro atoms. The van der Waals surface area contributed by atoms with E-state index in [1.807, 2.05) is 0 Å². The van der Waals surface area contributed by atoms with Crippen LogP contribution in [0.15, 0.2) is 24.3 Å². The molecule has 18 heavy (non-hydrogen) atoms. The number of nitrogens with one attached hydrogen (secondary N) is 1. The fourth-order valence-corrected chi connectivity index (χ4v) is 1.52. The van der Waals surface area contributed by atoms with Crippen molar-refractivity contribution >= 4 is 0 Å². The van der Waals surface area contributed by atoms with Crippen LogP contribution in [0.2, 0.25) is 0 Å². The molecule has 0 aromatic heterocycles. The van der Waals surface area contributed by atoms with Crippen LogP contribution >= 0.6 is 0 Å². The van der Waals surface area contributed by atoms with E-state index in [2.05, 4.69) is 5.32 Å². The van der Waals surface area contributed by atoms with Crippen LogP contribution in [-0.4, -0.2) is 30.0 Å². The summed E-state index contributed by atoms with van der Waals surface area (Å²) >= 11 is 0. The van der Waals surface area contributed by atoms with Crippen molar-refractivity contribution in [1.29, 1.82) is 0 Å². The second-order valence-electron chi connectivity index (χ2n) is 4.20. The second-order valence-corrected chi connectivity index (χ2v) is 4.20. The second kappa shape index (κ2) is 6.15. The highest BCUT2D eigenvalue weighted by Crippen LogP contribution is 2.19. The number of alkyl halides is 3. The summed E-state index contributed by atoms with van der Waals surface area (Å²) in [5.74, 6) is -0.380. The first kappa shape index (κ1) is 14.9. The molecule has 2 atom stereocenters. The van der Waals surface area contributed by atoms with Gasteiger partial charge in [0.1, 0.15) is 5.82 Å². The van der Waals surface area contributed by atoms with Gasteiger partial charge >= 0.3 is 6.18 Å². The lowest BCUT2D eigenvalue weighted by atomic mass is 10.1. The molecule has 0 aliphatic rings. The van der Waals surface area contributed by atoms with Crippen molar-refractivity contribution in [1.82, 2.24) is 5.32 Å². The van der Waals surface area contributed by atoms with E-state index in [0.29, 0.717) is 12.0 Å². The molecule has 0 aliphatic carbocycles. The van der Waals surface area contributed by atoms with Gasteiger partial charge in [-0.3, -0.25) is 0 Å². The molecule has 1 rings (SSSR count). The first-order valence-electron chi connectivity index (χ1n) is 5.51. The monoisotopic (exact) mass is 265 g/mol. The van der Waals surface area contributed by atoms with Gasteiger partial charge in [-0.05, 0) is 31.0 Å². The Morgan fingerprint density at radius 1 is 1.33 bits per heavy atom. The standard InChI is InChI=1S/C12H15F4NO/c1-8(17-7-11(18)12(14,15)16)5-9-3-2-4-10(13)6-9/h2-4,6,8,11,17-18H,5,7H2,1H3. The summed E-state index contributed by atoms with van der Waals surface area (Å²) in [6.45, 7) is 1.11. The molecule has 102 valence electrons. The van der Waals surface area contributed by atoms with Gasteiger partial charge in [-0.25, -0.2) is 4.39 Å². The highest BCUT2D eigenvalue weighted by molar-refractivity contribution is 5.17. The third kappa shape index (κ3) is 5.01. The van der Waals surface area contributed by atoms with Gasteiger partial charge in [-0.1, -0.05) is 12.1 Å². The van der Waals surface area contributed by atoms with Crippen molar-refractivity contribution in [3.05, 3.63) is 35.6 Å². The zero-order valence-electron chi connectivity index (χ0n) is 9.84. The molecule has 0 heterocycles. The predicted molar refractivity (Wildman–Crippen MR) is 59.6 cm³/mol. The number of rotatable bonds is 5. The van der Waals surface area contributed by atoms with E-state index in [1.54, 1.807) is 19.1 Å². The van der Waals surface area contributed by atoms with Gasteiger partial charge in [-0.15, -0.1) is 0 Å². The van der Waals surface area contributed by atoms with Gasteiger partial charge in [0.15, 0.2) is 6.10 Å². The van der Waals surface area contributed by atoms with E-state index in [1.165, 1.54) is 12.1 Å². The molecule has 2 unspecified atom stereocenters. The van der Waals surface area contributed by atoms with Crippen molar-refractivity contribution in [3.63, 3.8) is 0 Å². The SMILES string of the molecule is CC(Cc1cccc(F)c1)NCC(O)C(F)(F)F. The Hall–Kier alpha value is -1.14. The zero-order chi connectivity index (χ0) is 13.8. The van der Waals surface area contributed by atoms with E-state index in [4.69, 9.17) is 5.11 Å². The Morgan fingerprint density at radius 3 is 2.56 bits per heavy atom. The molecule has 1 aromatic rings. The highest BCUT2D eigenvalue weighted by atomic mass is 19.4. The lowest BCUT2D eigenvalue weighted by molar-refractivity contribution is -0.202. The molecule has 0 fully saturated rings. The van der Waals surface area contributed by atoms with Crippen molar-refractivity contribution in [2.75, 3.05) is 6.54 Å². The summed E-state index contributed by atoms with van der Waals surface area (Å²) in [5, 5.41) is 11.4. The van der Waals surface area contributed by atoms with Crippen molar-refractivity contribution in [3.8, 4) is 0 Å². The Morgan fingerprint density at radius 2 is 2.00 bits per heavy atom. The largest absolute Gasteiger partial charge is 0.415 e. The molecule has 0 bridgehead atoms. The van der Waals surface area contributed by atoms with Gasteiger partial charge in [0, 0.05) is 12.6 Å². The average molecular weight is 265 g/mol. The Bertz CT molecular complexity index is 381. The van der Waals surface area contributed by atoms with Crippen molar-refractivity contribution in [2.24, 2.45) is 0 Å². The highest BCUT2D eigenvalue weighted by Gasteiger charge is 2.37. The van der Waals surface area contributed by atoms with Crippen LogP contribution in [0.4, 0.5) is 17.6 Å². The maximum absolute atomic E-state index is 12.9. The van der Waals surface area contributed by atoms with E-state index in [-0.39, 0.29) is 11.9 Å². The van der Waals surface area contributed by atoms with Gasteiger partial charge in [0.25, 0.3) is 0 Å². The van der Waals surface area contributed by atoms with E-state index in [0.717, 1.165) is 0 Å². The topological polar surface area (TPSA) is 32.3 Å². The molecule has 0 amide bonds. The summed E-state index contributed by atoms with van der Waals surface area (Å²) in [5.41, 5.74) is 0.691. The molecule has 0 saturated carbocycles. The number of benzene rings is 1. The molecular weight excluding hydrogens is 250 g/mol. The van der Waals surface area contributed by atoms with Gasteiger partial charge < -0.3 is 10.4 Å². The Balaban J connectivity index is 2.41. The minimum Gasteiger partial charge on any atom is -0.382 e. The molecule has 0 saturated heterocycles. The molecule has 2 nitrogen and oxygen atoms in total. The number of hydrogen-bond acceptors (Lipinski definition) is 2. The van der Waals surface area contributed by atoms with Crippen molar-refractivity contribution in [2.45, 2.75) is 31.7 Å². The lowest BCUT2D eigenvalue weighted by Gasteiger charge is -2.19. The normalized spacial score (nSPS) is 15.4. The van der Waals surface area contributed by atoms with Crippen LogP contribution in [0.5, 0.6) is 0 Å². The third-order valence-corrected chi connectivity index (χ3v) is 2.47. The number of halogens is 4. The molecule has 0 radical (unpaired) electrons. The Labute approximate surface area is 103 Å².